The molecule has 1 fully saturated rings. The molecule has 0 saturated carbocycles. The number of hydrogen-bond acceptors (Lipinski definition) is 5. The van der Waals surface area contributed by atoms with Gasteiger partial charge in [0, 0.05) is 30.8 Å². The molecular formula is C14H23N3O2S. The van der Waals surface area contributed by atoms with Gasteiger partial charge in [-0.3, -0.25) is 9.69 Å². The summed E-state index contributed by atoms with van der Waals surface area (Å²) in [5, 5.41) is 4.04. The van der Waals surface area contributed by atoms with Gasteiger partial charge < -0.3 is 10.1 Å². The molecule has 1 aromatic rings. The molecule has 20 heavy (non-hydrogen) atoms. The first kappa shape index (κ1) is 15.4. The molecule has 5 nitrogen and oxygen atoms in total. The molecule has 1 aliphatic rings. The number of ether oxygens (including phenoxy) is 1. The lowest BCUT2D eigenvalue weighted by molar-refractivity contribution is -0.126. The minimum atomic E-state index is -0.154. The van der Waals surface area contributed by atoms with Crippen LogP contribution < -0.4 is 5.32 Å². The third kappa shape index (κ3) is 4.26. The number of aryl methyl sites for hydroxylation is 1. The Morgan fingerprint density at radius 2 is 2.50 bits per heavy atom. The molecule has 0 unspecified atom stereocenters. The van der Waals surface area contributed by atoms with Gasteiger partial charge >= 0.3 is 0 Å². The van der Waals surface area contributed by atoms with Crippen LogP contribution in [0.4, 0.5) is 0 Å². The number of thiazole rings is 1. The first-order chi connectivity index (χ1) is 9.56. The van der Waals surface area contributed by atoms with Gasteiger partial charge in [-0.05, 0) is 33.7 Å². The van der Waals surface area contributed by atoms with E-state index in [1.54, 1.807) is 11.3 Å². The molecule has 1 saturated heterocycles. The highest BCUT2D eigenvalue weighted by molar-refractivity contribution is 7.11. The van der Waals surface area contributed by atoms with E-state index in [2.05, 4.69) is 10.3 Å². The number of amides is 1. The third-order valence-electron chi connectivity index (χ3n) is 3.64. The van der Waals surface area contributed by atoms with Gasteiger partial charge in [0.15, 0.2) is 0 Å². The second-order valence-corrected chi connectivity index (χ2v) is 6.64. The number of carbonyl (C=O) groups is 1. The summed E-state index contributed by atoms with van der Waals surface area (Å²) in [6, 6.07) is -0.154. The largest absolute Gasteiger partial charge is 0.376 e. The maximum absolute atomic E-state index is 12.1. The van der Waals surface area contributed by atoms with Crippen molar-refractivity contribution in [2.45, 2.75) is 45.4 Å². The molecule has 0 spiro atoms. The fourth-order valence-electron chi connectivity index (χ4n) is 2.23. The Morgan fingerprint density at radius 3 is 3.10 bits per heavy atom. The highest BCUT2D eigenvalue weighted by Gasteiger charge is 2.21. The van der Waals surface area contributed by atoms with Gasteiger partial charge in [-0.1, -0.05) is 0 Å². The highest BCUT2D eigenvalue weighted by atomic mass is 32.1. The standard InChI is InChI=1S/C14H23N3O2S/c1-10(14(18)16-7-12-5-4-6-19-12)17(3)9-13-8-15-11(2)20-13/h8,10,12H,4-7,9H2,1-3H3,(H,16,18)/t10-,12+/m1/s1. The molecule has 1 N–H and O–H groups in total. The van der Waals surface area contributed by atoms with Crippen LogP contribution in [0.5, 0.6) is 0 Å². The van der Waals surface area contributed by atoms with Crippen LogP contribution in [-0.2, 0) is 16.1 Å². The van der Waals surface area contributed by atoms with Gasteiger partial charge in [-0.2, -0.15) is 0 Å². The molecule has 2 heterocycles. The van der Waals surface area contributed by atoms with Crippen LogP contribution in [0.15, 0.2) is 6.20 Å². The lowest BCUT2D eigenvalue weighted by atomic mass is 10.2. The van der Waals surface area contributed by atoms with Crippen molar-refractivity contribution in [1.82, 2.24) is 15.2 Å². The Labute approximate surface area is 124 Å². The zero-order chi connectivity index (χ0) is 14.5. The SMILES string of the molecule is Cc1ncc(CN(C)[C@H](C)C(=O)NC[C@@H]2CCCO2)s1. The summed E-state index contributed by atoms with van der Waals surface area (Å²) in [6.45, 7) is 6.11. The zero-order valence-corrected chi connectivity index (χ0v) is 13.2. The van der Waals surface area contributed by atoms with E-state index in [1.807, 2.05) is 32.0 Å². The molecule has 0 bridgehead atoms. The van der Waals surface area contributed by atoms with Crippen molar-refractivity contribution in [1.29, 1.82) is 0 Å². The van der Waals surface area contributed by atoms with E-state index in [0.717, 1.165) is 31.0 Å². The fraction of sp³-hybridized carbons (Fsp3) is 0.714. The van der Waals surface area contributed by atoms with Crippen molar-refractivity contribution in [2.24, 2.45) is 0 Å². The molecule has 1 aliphatic heterocycles. The molecule has 0 aliphatic carbocycles. The van der Waals surface area contributed by atoms with Crippen LogP contribution in [0, 0.1) is 6.92 Å². The van der Waals surface area contributed by atoms with E-state index in [9.17, 15) is 4.79 Å². The van der Waals surface area contributed by atoms with E-state index in [4.69, 9.17) is 4.74 Å². The molecule has 6 heteroatoms. The smallest absolute Gasteiger partial charge is 0.237 e. The predicted molar refractivity (Wildman–Crippen MR) is 79.8 cm³/mol. The summed E-state index contributed by atoms with van der Waals surface area (Å²) < 4.78 is 5.51. The van der Waals surface area contributed by atoms with Crippen molar-refractivity contribution < 1.29 is 9.53 Å². The van der Waals surface area contributed by atoms with Crippen LogP contribution >= 0.6 is 11.3 Å². The minimum absolute atomic E-state index is 0.0595. The number of likely N-dealkylation sites (N-methyl/N-ethyl adjacent to an activating group) is 1. The molecule has 112 valence electrons. The van der Waals surface area contributed by atoms with Gasteiger partial charge in [-0.15, -0.1) is 11.3 Å². The third-order valence-corrected chi connectivity index (χ3v) is 4.54. The van der Waals surface area contributed by atoms with Crippen LogP contribution in [0.3, 0.4) is 0 Å². The van der Waals surface area contributed by atoms with Crippen molar-refractivity contribution in [3.8, 4) is 0 Å². The molecule has 2 atom stereocenters. The maximum atomic E-state index is 12.1. The lowest BCUT2D eigenvalue weighted by Crippen LogP contribution is -2.44. The normalized spacial score (nSPS) is 20.3. The van der Waals surface area contributed by atoms with E-state index in [0.29, 0.717) is 6.54 Å². The Kier molecular flexibility index (Phi) is 5.51. The van der Waals surface area contributed by atoms with E-state index >= 15 is 0 Å². The van der Waals surface area contributed by atoms with Crippen molar-refractivity contribution in [2.75, 3.05) is 20.2 Å². The number of carbonyl (C=O) groups excluding carboxylic acids is 1. The molecule has 1 aromatic heterocycles. The Morgan fingerprint density at radius 1 is 1.70 bits per heavy atom. The van der Waals surface area contributed by atoms with Crippen molar-refractivity contribution >= 4 is 17.2 Å². The topological polar surface area (TPSA) is 54.5 Å². The zero-order valence-electron chi connectivity index (χ0n) is 12.4. The van der Waals surface area contributed by atoms with Crippen molar-refractivity contribution in [3.63, 3.8) is 0 Å². The Balaban J connectivity index is 1.76. The number of nitrogens with one attached hydrogen (secondary N) is 1. The highest BCUT2D eigenvalue weighted by Crippen LogP contribution is 2.15. The second-order valence-electron chi connectivity index (χ2n) is 5.32. The van der Waals surface area contributed by atoms with Gasteiger partial charge in [-0.25, -0.2) is 4.98 Å². The second kappa shape index (κ2) is 7.15. The van der Waals surface area contributed by atoms with Crippen molar-refractivity contribution in [3.05, 3.63) is 16.1 Å². The number of nitrogens with zero attached hydrogens (tertiary/aromatic N) is 2. The summed E-state index contributed by atoms with van der Waals surface area (Å²) in [4.78, 5) is 19.6. The summed E-state index contributed by atoms with van der Waals surface area (Å²) in [7, 11) is 1.96. The van der Waals surface area contributed by atoms with Crippen LogP contribution in [0.25, 0.3) is 0 Å². The fourth-order valence-corrected chi connectivity index (χ4v) is 3.09. The van der Waals surface area contributed by atoms with E-state index < -0.39 is 0 Å². The molecular weight excluding hydrogens is 274 g/mol. The van der Waals surface area contributed by atoms with Crippen LogP contribution in [0.2, 0.25) is 0 Å². The average Bonchev–Trinajstić information content (AvgIpc) is 3.06. The van der Waals surface area contributed by atoms with Gasteiger partial charge in [0.1, 0.15) is 0 Å². The quantitative estimate of drug-likeness (QED) is 0.866. The summed E-state index contributed by atoms with van der Waals surface area (Å²) in [5.41, 5.74) is 0. The first-order valence-corrected chi connectivity index (χ1v) is 7.88. The average molecular weight is 297 g/mol. The summed E-state index contributed by atoms with van der Waals surface area (Å²) in [6.07, 6.45) is 4.22. The van der Waals surface area contributed by atoms with Gasteiger partial charge in [0.05, 0.1) is 17.2 Å². The number of rotatable bonds is 6. The molecule has 0 radical (unpaired) electrons. The van der Waals surface area contributed by atoms with E-state index in [-0.39, 0.29) is 18.1 Å². The maximum Gasteiger partial charge on any atom is 0.237 e. The van der Waals surface area contributed by atoms with Crippen LogP contribution in [-0.4, -0.2) is 48.1 Å². The monoisotopic (exact) mass is 297 g/mol. The number of hydrogen-bond donors (Lipinski definition) is 1. The molecule has 1 amide bonds. The number of aromatic nitrogens is 1. The van der Waals surface area contributed by atoms with Gasteiger partial charge in [0.2, 0.25) is 5.91 Å². The minimum Gasteiger partial charge on any atom is -0.376 e. The first-order valence-electron chi connectivity index (χ1n) is 7.07. The molecule has 0 aromatic carbocycles. The Bertz CT molecular complexity index is 443. The Hall–Kier alpha value is -0.980. The lowest BCUT2D eigenvalue weighted by Gasteiger charge is -2.23. The van der Waals surface area contributed by atoms with Crippen LogP contribution in [0.1, 0.15) is 29.7 Å². The van der Waals surface area contributed by atoms with E-state index in [1.165, 1.54) is 4.88 Å². The predicted octanol–water partition coefficient (Wildman–Crippen LogP) is 1.57. The molecule has 2 rings (SSSR count). The van der Waals surface area contributed by atoms with Gasteiger partial charge in [0.25, 0.3) is 0 Å². The summed E-state index contributed by atoms with van der Waals surface area (Å²) >= 11 is 1.67. The summed E-state index contributed by atoms with van der Waals surface area (Å²) in [5.74, 6) is 0.0595.